The Morgan fingerprint density at radius 2 is 2.00 bits per heavy atom. The molecule has 0 aliphatic heterocycles. The fourth-order valence-corrected chi connectivity index (χ4v) is 2.85. The summed E-state index contributed by atoms with van der Waals surface area (Å²) >= 11 is 5.95. The van der Waals surface area contributed by atoms with E-state index in [2.05, 4.69) is 20.4 Å². The van der Waals surface area contributed by atoms with Crippen molar-refractivity contribution in [3.8, 4) is 11.4 Å². The average Bonchev–Trinajstić information content (AvgIpc) is 3.15. The third kappa shape index (κ3) is 3.58. The van der Waals surface area contributed by atoms with Crippen LogP contribution in [0.2, 0.25) is 5.02 Å². The fourth-order valence-electron chi connectivity index (χ4n) is 2.66. The van der Waals surface area contributed by atoms with Crippen LogP contribution >= 0.6 is 11.6 Å². The number of rotatable bonds is 4. The molecule has 4 aromatic rings. The number of aromatic nitrogens is 3. The minimum Gasteiger partial charge on any atom is -0.342 e. The second kappa shape index (κ2) is 7.05. The van der Waals surface area contributed by atoms with Gasteiger partial charge in [0.05, 0.1) is 6.54 Å². The lowest BCUT2D eigenvalue weighted by atomic mass is 10.1. The molecule has 27 heavy (non-hydrogen) atoms. The molecule has 1 amide bonds. The van der Waals surface area contributed by atoms with E-state index >= 15 is 0 Å². The molecule has 134 valence electrons. The SMILES string of the molecule is O=C(NCc1nc(-c2cccc(Cl)c2)no1)c1cc2ccccc2c(=O)[nH]1. The van der Waals surface area contributed by atoms with Crippen molar-refractivity contribution in [3.63, 3.8) is 0 Å². The van der Waals surface area contributed by atoms with E-state index in [1.54, 1.807) is 54.6 Å². The maximum Gasteiger partial charge on any atom is 0.268 e. The number of H-pyrrole nitrogens is 1. The third-order valence-corrected chi connectivity index (χ3v) is 4.18. The van der Waals surface area contributed by atoms with Gasteiger partial charge < -0.3 is 14.8 Å². The number of nitrogens with zero attached hydrogens (tertiary/aromatic N) is 2. The van der Waals surface area contributed by atoms with Gasteiger partial charge in [-0.2, -0.15) is 4.98 Å². The van der Waals surface area contributed by atoms with Crippen molar-refractivity contribution in [3.05, 3.63) is 81.6 Å². The summed E-state index contributed by atoms with van der Waals surface area (Å²) in [5.74, 6) is 0.169. The maximum absolute atomic E-state index is 12.3. The van der Waals surface area contributed by atoms with Gasteiger partial charge >= 0.3 is 0 Å². The van der Waals surface area contributed by atoms with Gasteiger partial charge in [0.25, 0.3) is 11.5 Å². The van der Waals surface area contributed by atoms with Gasteiger partial charge in [0.2, 0.25) is 11.7 Å². The number of carbonyl (C=O) groups excluding carboxylic acids is 1. The van der Waals surface area contributed by atoms with E-state index in [0.29, 0.717) is 27.2 Å². The quantitative estimate of drug-likeness (QED) is 0.566. The number of benzene rings is 2. The van der Waals surface area contributed by atoms with Crippen molar-refractivity contribution < 1.29 is 9.32 Å². The zero-order valence-electron chi connectivity index (χ0n) is 13.9. The first-order valence-corrected chi connectivity index (χ1v) is 8.47. The minimum absolute atomic E-state index is 0.0290. The molecule has 0 aliphatic rings. The van der Waals surface area contributed by atoms with Crippen molar-refractivity contribution in [1.29, 1.82) is 0 Å². The molecule has 0 saturated carbocycles. The van der Waals surface area contributed by atoms with Crippen LogP contribution in [0, 0.1) is 0 Å². The van der Waals surface area contributed by atoms with Crippen molar-refractivity contribution >= 4 is 28.3 Å². The van der Waals surface area contributed by atoms with E-state index in [0.717, 1.165) is 0 Å². The molecule has 0 saturated heterocycles. The van der Waals surface area contributed by atoms with Gasteiger partial charge in [-0.05, 0) is 29.7 Å². The zero-order valence-corrected chi connectivity index (χ0v) is 14.7. The molecule has 0 fully saturated rings. The lowest BCUT2D eigenvalue weighted by molar-refractivity contribution is 0.0941. The van der Waals surface area contributed by atoms with Crippen molar-refractivity contribution in [2.45, 2.75) is 6.54 Å². The molecule has 0 unspecified atom stereocenters. The van der Waals surface area contributed by atoms with Gasteiger partial charge in [0, 0.05) is 16.0 Å². The van der Waals surface area contributed by atoms with Crippen LogP contribution in [0.25, 0.3) is 22.2 Å². The predicted molar refractivity (Wildman–Crippen MR) is 100 cm³/mol. The Balaban J connectivity index is 1.49. The molecule has 0 atom stereocenters. The molecule has 4 rings (SSSR count). The third-order valence-electron chi connectivity index (χ3n) is 3.95. The molecule has 0 radical (unpaired) electrons. The normalized spacial score (nSPS) is 10.9. The number of aromatic amines is 1. The summed E-state index contributed by atoms with van der Waals surface area (Å²) in [4.78, 5) is 31.2. The molecule has 0 bridgehead atoms. The van der Waals surface area contributed by atoms with Crippen LogP contribution in [0.3, 0.4) is 0 Å². The highest BCUT2D eigenvalue weighted by Crippen LogP contribution is 2.19. The van der Waals surface area contributed by atoms with Crippen molar-refractivity contribution in [2.24, 2.45) is 0 Å². The fraction of sp³-hybridized carbons (Fsp3) is 0.0526. The second-order valence-electron chi connectivity index (χ2n) is 5.80. The van der Waals surface area contributed by atoms with E-state index in [4.69, 9.17) is 16.1 Å². The standard InChI is InChI=1S/C19H13ClN4O3/c20-13-6-3-5-12(8-13)17-23-16(27-24-17)10-21-19(26)15-9-11-4-1-2-7-14(11)18(25)22-15/h1-9H,10H2,(H,21,26)(H,22,25). The molecule has 7 nitrogen and oxygen atoms in total. The topological polar surface area (TPSA) is 101 Å². The number of carbonyl (C=O) groups is 1. The van der Waals surface area contributed by atoms with Gasteiger partial charge in [-0.25, -0.2) is 0 Å². The van der Waals surface area contributed by atoms with Crippen LogP contribution in [0.4, 0.5) is 0 Å². The van der Waals surface area contributed by atoms with Crippen LogP contribution < -0.4 is 10.9 Å². The second-order valence-corrected chi connectivity index (χ2v) is 6.24. The smallest absolute Gasteiger partial charge is 0.268 e. The monoisotopic (exact) mass is 380 g/mol. The summed E-state index contributed by atoms with van der Waals surface area (Å²) in [6.07, 6.45) is 0. The zero-order chi connectivity index (χ0) is 18.8. The Labute approximate surface area is 158 Å². The van der Waals surface area contributed by atoms with Crippen LogP contribution in [-0.2, 0) is 6.54 Å². The van der Waals surface area contributed by atoms with Gasteiger partial charge in [0.1, 0.15) is 5.69 Å². The van der Waals surface area contributed by atoms with Crippen molar-refractivity contribution in [2.75, 3.05) is 0 Å². The minimum atomic E-state index is -0.444. The summed E-state index contributed by atoms with van der Waals surface area (Å²) in [5, 5.41) is 8.31. The summed E-state index contributed by atoms with van der Waals surface area (Å²) in [7, 11) is 0. The van der Waals surface area contributed by atoms with Crippen LogP contribution in [-0.4, -0.2) is 21.0 Å². The number of nitrogens with one attached hydrogen (secondary N) is 2. The molecule has 0 aliphatic carbocycles. The van der Waals surface area contributed by atoms with Crippen LogP contribution in [0.5, 0.6) is 0 Å². The van der Waals surface area contributed by atoms with Gasteiger partial charge in [0.15, 0.2) is 0 Å². The lowest BCUT2D eigenvalue weighted by Gasteiger charge is -2.04. The van der Waals surface area contributed by atoms with Gasteiger partial charge in [-0.1, -0.05) is 47.1 Å². The van der Waals surface area contributed by atoms with Crippen LogP contribution in [0.1, 0.15) is 16.4 Å². The highest BCUT2D eigenvalue weighted by atomic mass is 35.5. The highest BCUT2D eigenvalue weighted by molar-refractivity contribution is 6.30. The largest absolute Gasteiger partial charge is 0.342 e. The highest BCUT2D eigenvalue weighted by Gasteiger charge is 2.13. The number of hydrogen-bond donors (Lipinski definition) is 2. The van der Waals surface area contributed by atoms with Crippen LogP contribution in [0.15, 0.2) is 63.9 Å². The first kappa shape index (κ1) is 17.0. The van der Waals surface area contributed by atoms with Crippen molar-refractivity contribution in [1.82, 2.24) is 20.4 Å². The molecule has 8 heteroatoms. The maximum atomic E-state index is 12.3. The Morgan fingerprint density at radius 3 is 2.85 bits per heavy atom. The van der Waals surface area contributed by atoms with Gasteiger partial charge in [-0.3, -0.25) is 9.59 Å². The molecular weight excluding hydrogens is 368 g/mol. The Morgan fingerprint density at radius 1 is 1.15 bits per heavy atom. The summed E-state index contributed by atoms with van der Waals surface area (Å²) in [5.41, 5.74) is 0.551. The summed E-state index contributed by atoms with van der Waals surface area (Å²) < 4.78 is 5.15. The van der Waals surface area contributed by atoms with E-state index in [1.807, 2.05) is 0 Å². The number of pyridine rings is 1. The Bertz CT molecular complexity index is 1200. The predicted octanol–water partition coefficient (Wildman–Crippen LogP) is 3.16. The molecule has 2 aromatic heterocycles. The average molecular weight is 381 g/mol. The number of amides is 1. The number of halogens is 1. The van der Waals surface area contributed by atoms with E-state index < -0.39 is 5.91 Å². The summed E-state index contributed by atoms with van der Waals surface area (Å²) in [6.45, 7) is 0.0290. The molecule has 2 N–H and O–H groups in total. The van der Waals surface area contributed by atoms with E-state index in [9.17, 15) is 9.59 Å². The van der Waals surface area contributed by atoms with Gasteiger partial charge in [-0.15, -0.1) is 0 Å². The van der Waals surface area contributed by atoms with E-state index in [-0.39, 0.29) is 23.7 Å². The number of hydrogen-bond acceptors (Lipinski definition) is 5. The lowest BCUT2D eigenvalue weighted by Crippen LogP contribution is -2.26. The summed E-state index contributed by atoms with van der Waals surface area (Å²) in [6, 6.07) is 15.7. The first-order valence-electron chi connectivity index (χ1n) is 8.09. The van der Waals surface area contributed by atoms with E-state index in [1.165, 1.54) is 0 Å². The molecule has 2 heterocycles. The Kier molecular flexibility index (Phi) is 4.43. The molecule has 2 aromatic carbocycles. The molecular formula is C19H13ClN4O3. The Hall–Kier alpha value is -3.45. The number of fused-ring (bicyclic) bond motifs is 1. The first-order chi connectivity index (χ1) is 13.1. The molecule has 0 spiro atoms.